The van der Waals surface area contributed by atoms with Crippen molar-refractivity contribution >= 4 is 11.6 Å². The molecule has 0 aliphatic carbocycles. The average molecular weight is 501 g/mol. The molecule has 0 aromatic carbocycles. The third-order valence-electron chi connectivity index (χ3n) is 7.97. The molecule has 0 saturated carbocycles. The minimum atomic E-state index is -0.356. The predicted octanol–water partition coefficient (Wildman–Crippen LogP) is 8.76. The van der Waals surface area contributed by atoms with Gasteiger partial charge in [-0.25, -0.2) is 0 Å². The van der Waals surface area contributed by atoms with Gasteiger partial charge in [0.05, 0.1) is 6.61 Å². The molecule has 0 N–H and O–H groups in total. The molecule has 3 nitrogen and oxygen atoms in total. The molecule has 3 heteroatoms. The summed E-state index contributed by atoms with van der Waals surface area (Å²) < 4.78 is 6.43. The first kappa shape index (κ1) is 34.6. The van der Waals surface area contributed by atoms with E-state index >= 15 is 0 Å². The third kappa shape index (κ3) is 12.7. The first-order valence-electron chi connectivity index (χ1n) is 14.2. The van der Waals surface area contributed by atoms with Gasteiger partial charge in [-0.2, -0.15) is 0 Å². The maximum atomic E-state index is 12.0. The zero-order valence-corrected chi connectivity index (χ0v) is 24.9. The summed E-state index contributed by atoms with van der Waals surface area (Å²) >= 11 is 0. The summed E-state index contributed by atoms with van der Waals surface area (Å²) in [7, 11) is 0. The standard InChI is InChI=1S/C33H56O3/c1-11-17-28(34)19-16-23-31(7,8)27(6)20-25-33(15-5,22-13-3)26-36-30(14-4)32(9,10)24-21-29(35)18-12-2/h4,16,19,21,27,30H,5,11-13,15,17-18,20,22-26H2,1-3,6-10H3/b19-16-. The van der Waals surface area contributed by atoms with Crippen LogP contribution >= 0.6 is 0 Å². The van der Waals surface area contributed by atoms with E-state index in [9.17, 15) is 9.59 Å². The van der Waals surface area contributed by atoms with Crippen LogP contribution in [-0.2, 0) is 14.3 Å². The molecule has 0 bridgehead atoms. The summed E-state index contributed by atoms with van der Waals surface area (Å²) in [6, 6.07) is 0. The lowest BCUT2D eigenvalue weighted by Gasteiger charge is -2.39. The average Bonchev–Trinajstić information content (AvgIpc) is 2.81. The first-order valence-corrected chi connectivity index (χ1v) is 14.2. The third-order valence-corrected chi connectivity index (χ3v) is 7.97. The van der Waals surface area contributed by atoms with Crippen LogP contribution in [-0.4, -0.2) is 24.3 Å². The molecule has 0 aromatic rings. The van der Waals surface area contributed by atoms with Crippen LogP contribution in [0.4, 0.5) is 0 Å². The Kier molecular flexibility index (Phi) is 16.5. The fourth-order valence-electron chi connectivity index (χ4n) is 4.65. The highest BCUT2D eigenvalue weighted by Crippen LogP contribution is 2.41. The van der Waals surface area contributed by atoms with Gasteiger partial charge < -0.3 is 4.74 Å². The van der Waals surface area contributed by atoms with Gasteiger partial charge in [-0.15, -0.1) is 6.42 Å². The van der Waals surface area contributed by atoms with E-state index in [2.05, 4.69) is 60.5 Å². The van der Waals surface area contributed by atoms with Gasteiger partial charge in [0.1, 0.15) is 11.9 Å². The van der Waals surface area contributed by atoms with E-state index in [-0.39, 0.29) is 33.9 Å². The number of carbonyl (C=O) groups is 2. The Morgan fingerprint density at radius 3 is 2.08 bits per heavy atom. The molecule has 3 atom stereocenters. The van der Waals surface area contributed by atoms with Gasteiger partial charge in [-0.3, -0.25) is 9.59 Å². The molecule has 0 rings (SSSR count). The number of allylic oxidation sites excluding steroid dienone is 2. The molecular formula is C33H56O3. The minimum Gasteiger partial charge on any atom is -0.364 e. The van der Waals surface area contributed by atoms with Crippen LogP contribution in [0.2, 0.25) is 0 Å². The molecule has 0 spiro atoms. The van der Waals surface area contributed by atoms with E-state index in [1.807, 2.05) is 13.8 Å². The summed E-state index contributed by atoms with van der Waals surface area (Å²) in [5, 5.41) is 0. The number of terminal acetylenes is 1. The number of Topliss-reactive ketones (excluding diaryl/α,β-unsaturated/α-hetero) is 1. The fraction of sp³-hybridized carbons (Fsp3) is 0.758. The molecule has 0 aromatic heterocycles. The zero-order valence-electron chi connectivity index (χ0n) is 24.9. The Morgan fingerprint density at radius 2 is 1.56 bits per heavy atom. The van der Waals surface area contributed by atoms with Gasteiger partial charge >= 0.3 is 0 Å². The lowest BCUT2D eigenvalue weighted by Crippen LogP contribution is -2.37. The summed E-state index contributed by atoms with van der Waals surface area (Å²) in [6.45, 7) is 22.2. The van der Waals surface area contributed by atoms with Crippen LogP contribution in [0.15, 0.2) is 12.2 Å². The number of hydrogen-bond acceptors (Lipinski definition) is 3. The van der Waals surface area contributed by atoms with Crippen LogP contribution in [0.25, 0.3) is 0 Å². The van der Waals surface area contributed by atoms with Gasteiger partial charge in [0.2, 0.25) is 0 Å². The predicted molar refractivity (Wildman–Crippen MR) is 154 cm³/mol. The zero-order chi connectivity index (χ0) is 27.8. The van der Waals surface area contributed by atoms with E-state index < -0.39 is 0 Å². The number of carbonyl (C=O) groups excluding carboxylic acids is 2. The van der Waals surface area contributed by atoms with Crippen LogP contribution < -0.4 is 0 Å². The Hall–Kier alpha value is -1.40. The van der Waals surface area contributed by atoms with E-state index in [0.29, 0.717) is 31.8 Å². The van der Waals surface area contributed by atoms with Crippen LogP contribution in [0.5, 0.6) is 0 Å². The Morgan fingerprint density at radius 1 is 0.944 bits per heavy atom. The Labute approximate surface area is 224 Å². The number of ether oxygens (including phenoxy) is 1. The monoisotopic (exact) mass is 500 g/mol. The lowest BCUT2D eigenvalue weighted by atomic mass is 9.70. The number of ketones is 2. The Balaban J connectivity index is 5.21. The molecule has 0 fully saturated rings. The molecule has 0 aliphatic heterocycles. The molecule has 0 saturated heterocycles. The summed E-state index contributed by atoms with van der Waals surface area (Å²) in [5.74, 6) is 3.75. The normalized spacial score (nSPS) is 15.9. The van der Waals surface area contributed by atoms with Gasteiger partial charge in [0.25, 0.3) is 0 Å². The van der Waals surface area contributed by atoms with Crippen molar-refractivity contribution in [2.24, 2.45) is 22.2 Å². The smallest absolute Gasteiger partial charge is 0.155 e. The highest BCUT2D eigenvalue weighted by molar-refractivity contribution is 5.89. The molecular weight excluding hydrogens is 444 g/mol. The highest BCUT2D eigenvalue weighted by atomic mass is 16.5. The lowest BCUT2D eigenvalue weighted by molar-refractivity contribution is -0.117. The summed E-state index contributed by atoms with van der Waals surface area (Å²) in [4.78, 5) is 23.9. The largest absolute Gasteiger partial charge is 0.364 e. The molecule has 0 amide bonds. The van der Waals surface area contributed by atoms with Gasteiger partial charge in [0.15, 0.2) is 5.78 Å². The SMILES string of the molecule is C#CC(OCC(C[CH2])(CCC)CCC(C)C(C)(C)C/C=C\C(=O)CCC)C(C)(C)C[CH]C(=O)CCC. The second-order valence-electron chi connectivity index (χ2n) is 12.2. The molecule has 2 radical (unpaired) electrons. The summed E-state index contributed by atoms with van der Waals surface area (Å²) in [6.07, 6.45) is 20.7. The van der Waals surface area contributed by atoms with Gasteiger partial charge in [0, 0.05) is 24.7 Å². The van der Waals surface area contributed by atoms with Crippen molar-refractivity contribution in [1.29, 1.82) is 0 Å². The minimum absolute atomic E-state index is 0.0149. The van der Waals surface area contributed by atoms with E-state index in [0.717, 1.165) is 51.4 Å². The molecule has 36 heavy (non-hydrogen) atoms. The molecule has 0 aliphatic rings. The van der Waals surface area contributed by atoms with Crippen molar-refractivity contribution in [3.05, 3.63) is 25.5 Å². The topological polar surface area (TPSA) is 43.4 Å². The van der Waals surface area contributed by atoms with Gasteiger partial charge in [-0.1, -0.05) is 80.7 Å². The van der Waals surface area contributed by atoms with Crippen molar-refractivity contribution < 1.29 is 14.3 Å². The number of rotatable bonds is 21. The van der Waals surface area contributed by atoms with Crippen molar-refractivity contribution in [1.82, 2.24) is 0 Å². The van der Waals surface area contributed by atoms with Crippen LogP contribution in [0, 0.1) is 47.9 Å². The number of hydrogen-bond donors (Lipinski definition) is 0. The van der Waals surface area contributed by atoms with Crippen molar-refractivity contribution in [3.8, 4) is 12.3 Å². The maximum absolute atomic E-state index is 12.0. The second kappa shape index (κ2) is 17.2. The summed E-state index contributed by atoms with van der Waals surface area (Å²) in [5.41, 5.74) is -0.222. The molecule has 206 valence electrons. The Bertz CT molecular complexity index is 709. The van der Waals surface area contributed by atoms with Crippen LogP contribution in [0.1, 0.15) is 126 Å². The van der Waals surface area contributed by atoms with Crippen molar-refractivity contribution in [2.75, 3.05) is 6.61 Å². The molecule has 3 unspecified atom stereocenters. The van der Waals surface area contributed by atoms with Crippen molar-refractivity contribution in [3.63, 3.8) is 0 Å². The highest BCUT2D eigenvalue weighted by Gasteiger charge is 2.35. The fourth-order valence-corrected chi connectivity index (χ4v) is 4.65. The quantitative estimate of drug-likeness (QED) is 0.117. The molecule has 0 heterocycles. The maximum Gasteiger partial charge on any atom is 0.155 e. The van der Waals surface area contributed by atoms with Crippen LogP contribution in [0.3, 0.4) is 0 Å². The first-order chi connectivity index (χ1) is 16.8. The van der Waals surface area contributed by atoms with E-state index in [1.165, 1.54) is 0 Å². The van der Waals surface area contributed by atoms with E-state index in [1.54, 1.807) is 12.5 Å². The van der Waals surface area contributed by atoms with E-state index in [4.69, 9.17) is 11.2 Å². The second-order valence-corrected chi connectivity index (χ2v) is 12.2. The van der Waals surface area contributed by atoms with Gasteiger partial charge in [-0.05, 0) is 74.2 Å². The van der Waals surface area contributed by atoms with Crippen molar-refractivity contribution in [2.45, 2.75) is 132 Å².